The van der Waals surface area contributed by atoms with Gasteiger partial charge < -0.3 is 18.9 Å². The topological polar surface area (TPSA) is 52.5 Å². The van der Waals surface area contributed by atoms with Crippen molar-refractivity contribution in [2.24, 2.45) is 5.10 Å². The highest BCUT2D eigenvalue weighted by atomic mass is 35.5. The van der Waals surface area contributed by atoms with E-state index in [1.54, 1.807) is 21.3 Å². The molecule has 164 valence electrons. The van der Waals surface area contributed by atoms with Crippen LogP contribution in [0.1, 0.15) is 35.4 Å². The second-order valence-corrected chi connectivity index (χ2v) is 8.08. The largest absolute Gasteiger partial charge is 0.497 e. The van der Waals surface area contributed by atoms with Gasteiger partial charge in [0, 0.05) is 28.1 Å². The zero-order valence-corrected chi connectivity index (χ0v) is 18.8. The summed E-state index contributed by atoms with van der Waals surface area (Å²) in [6.07, 6.45) is 0.357. The third kappa shape index (κ3) is 3.50. The average Bonchev–Trinajstić information content (AvgIpc) is 3.29. The monoisotopic (exact) mass is 450 g/mol. The Hall–Kier alpha value is -3.38. The van der Waals surface area contributed by atoms with Gasteiger partial charge in [0.05, 0.1) is 33.1 Å². The lowest BCUT2D eigenvalue weighted by molar-refractivity contribution is -0.0190. The molecule has 0 spiro atoms. The van der Waals surface area contributed by atoms with Crippen molar-refractivity contribution in [1.82, 2.24) is 5.01 Å². The van der Waals surface area contributed by atoms with Crippen molar-refractivity contribution >= 4 is 17.3 Å². The van der Waals surface area contributed by atoms with Crippen LogP contribution in [0, 0.1) is 0 Å². The van der Waals surface area contributed by atoms with Gasteiger partial charge >= 0.3 is 0 Å². The molecule has 2 unspecified atom stereocenters. The van der Waals surface area contributed by atoms with Gasteiger partial charge in [0.1, 0.15) is 11.5 Å². The predicted molar refractivity (Wildman–Crippen MR) is 123 cm³/mol. The quantitative estimate of drug-likeness (QED) is 0.505. The van der Waals surface area contributed by atoms with Crippen LogP contribution in [0.2, 0.25) is 5.02 Å². The predicted octanol–water partition coefficient (Wildman–Crippen LogP) is 5.61. The second kappa shape index (κ2) is 8.28. The number of methoxy groups -OCH3 is 3. The number of rotatable bonds is 5. The van der Waals surface area contributed by atoms with E-state index < -0.39 is 0 Å². The molecule has 0 N–H and O–H groups in total. The third-order valence-corrected chi connectivity index (χ3v) is 6.10. The maximum atomic E-state index is 6.40. The lowest BCUT2D eigenvalue weighted by atomic mass is 9.95. The Morgan fingerprint density at radius 1 is 0.906 bits per heavy atom. The fraction of sp³-hybridized carbons (Fsp3) is 0.240. The molecule has 5 rings (SSSR count). The van der Waals surface area contributed by atoms with Gasteiger partial charge in [-0.3, -0.25) is 0 Å². The van der Waals surface area contributed by atoms with Crippen LogP contribution in [0.25, 0.3) is 0 Å². The van der Waals surface area contributed by atoms with Gasteiger partial charge in [-0.05, 0) is 60.7 Å². The number of nitrogens with zero attached hydrogens (tertiary/aromatic N) is 2. The minimum Gasteiger partial charge on any atom is -0.497 e. The molecular formula is C25H23ClN2O4. The highest BCUT2D eigenvalue weighted by Crippen LogP contribution is 2.48. The summed E-state index contributed by atoms with van der Waals surface area (Å²) in [5.74, 6) is 2.97. The molecule has 2 atom stereocenters. The second-order valence-electron chi connectivity index (χ2n) is 7.64. The van der Waals surface area contributed by atoms with Gasteiger partial charge in [-0.1, -0.05) is 11.6 Å². The Balaban J connectivity index is 1.57. The maximum absolute atomic E-state index is 6.40. The van der Waals surface area contributed by atoms with E-state index in [2.05, 4.69) is 0 Å². The van der Waals surface area contributed by atoms with Crippen LogP contribution in [0.3, 0.4) is 0 Å². The van der Waals surface area contributed by atoms with Crippen molar-refractivity contribution in [3.63, 3.8) is 0 Å². The van der Waals surface area contributed by atoms with Crippen molar-refractivity contribution in [1.29, 1.82) is 0 Å². The molecule has 2 heterocycles. The zero-order chi connectivity index (χ0) is 22.2. The van der Waals surface area contributed by atoms with E-state index in [4.69, 9.17) is 35.6 Å². The lowest BCUT2D eigenvalue weighted by Crippen LogP contribution is -2.33. The van der Waals surface area contributed by atoms with E-state index in [9.17, 15) is 0 Å². The number of hydrazone groups is 1. The Kier molecular flexibility index (Phi) is 5.31. The number of hydrogen-bond donors (Lipinski definition) is 0. The first kappa shape index (κ1) is 20.5. The van der Waals surface area contributed by atoms with Gasteiger partial charge in [0.25, 0.3) is 0 Å². The molecule has 2 aliphatic rings. The first-order valence-electron chi connectivity index (χ1n) is 10.3. The Morgan fingerprint density at radius 2 is 1.69 bits per heavy atom. The standard InChI is InChI=1S/C25H23ClN2O4/c1-29-18-8-4-15(5-9-18)25-28-21(19-13-17(26)7-11-22(19)32-25)14-20(27-28)16-6-10-23(30-2)24(12-16)31-3/h4-13,21,25H,14H2,1-3H3. The molecule has 0 radical (unpaired) electrons. The molecule has 0 fully saturated rings. The molecule has 0 saturated carbocycles. The van der Waals surface area contributed by atoms with Gasteiger partial charge in [-0.2, -0.15) is 5.10 Å². The van der Waals surface area contributed by atoms with Crippen LogP contribution in [-0.2, 0) is 0 Å². The van der Waals surface area contributed by atoms with Gasteiger partial charge in [0.2, 0.25) is 6.23 Å². The first-order valence-corrected chi connectivity index (χ1v) is 10.7. The van der Waals surface area contributed by atoms with Gasteiger partial charge in [0.15, 0.2) is 11.5 Å². The SMILES string of the molecule is COc1ccc(C2Oc3ccc(Cl)cc3C3CC(c4ccc(OC)c(OC)c4)=NN32)cc1. The molecule has 0 amide bonds. The Morgan fingerprint density at radius 3 is 2.41 bits per heavy atom. The lowest BCUT2D eigenvalue weighted by Gasteiger charge is -2.38. The van der Waals surface area contributed by atoms with Crippen LogP contribution in [0.15, 0.2) is 65.8 Å². The summed E-state index contributed by atoms with van der Waals surface area (Å²) in [5.41, 5.74) is 3.95. The summed E-state index contributed by atoms with van der Waals surface area (Å²) < 4.78 is 22.6. The molecular weight excluding hydrogens is 428 g/mol. The van der Waals surface area contributed by atoms with Gasteiger partial charge in [-0.15, -0.1) is 0 Å². The summed E-state index contributed by atoms with van der Waals surface area (Å²) in [6.45, 7) is 0. The molecule has 0 bridgehead atoms. The normalized spacial score (nSPS) is 18.9. The molecule has 7 heteroatoms. The van der Waals surface area contributed by atoms with Crippen LogP contribution < -0.4 is 18.9 Å². The maximum Gasteiger partial charge on any atom is 0.213 e. The Labute approximate surface area is 191 Å². The van der Waals surface area contributed by atoms with E-state index in [1.807, 2.05) is 65.7 Å². The smallest absolute Gasteiger partial charge is 0.213 e. The molecule has 0 aliphatic carbocycles. The number of halogens is 1. The van der Waals surface area contributed by atoms with Crippen molar-refractivity contribution < 1.29 is 18.9 Å². The Bertz CT molecular complexity index is 1180. The average molecular weight is 451 g/mol. The van der Waals surface area contributed by atoms with Crippen molar-refractivity contribution in [3.05, 3.63) is 82.4 Å². The van der Waals surface area contributed by atoms with Crippen molar-refractivity contribution in [3.8, 4) is 23.0 Å². The van der Waals surface area contributed by atoms with Crippen LogP contribution in [0.5, 0.6) is 23.0 Å². The van der Waals surface area contributed by atoms with Crippen LogP contribution in [0.4, 0.5) is 0 Å². The van der Waals surface area contributed by atoms with Gasteiger partial charge in [-0.25, -0.2) is 5.01 Å². The summed E-state index contributed by atoms with van der Waals surface area (Å²) in [7, 11) is 4.91. The first-order chi connectivity index (χ1) is 15.6. The van der Waals surface area contributed by atoms with E-state index in [0.717, 1.165) is 40.3 Å². The molecule has 0 aromatic heterocycles. The van der Waals surface area contributed by atoms with Crippen molar-refractivity contribution in [2.45, 2.75) is 18.7 Å². The summed E-state index contributed by atoms with van der Waals surface area (Å²) in [5, 5.41) is 7.69. The van der Waals surface area contributed by atoms with E-state index in [0.29, 0.717) is 16.5 Å². The van der Waals surface area contributed by atoms with E-state index in [1.165, 1.54) is 0 Å². The summed E-state index contributed by atoms with van der Waals surface area (Å²) >= 11 is 6.32. The third-order valence-electron chi connectivity index (χ3n) is 5.87. The molecule has 3 aromatic carbocycles. The highest BCUT2D eigenvalue weighted by molar-refractivity contribution is 6.30. The van der Waals surface area contributed by atoms with Crippen LogP contribution >= 0.6 is 11.6 Å². The van der Waals surface area contributed by atoms with E-state index in [-0.39, 0.29) is 12.3 Å². The fourth-order valence-corrected chi connectivity index (χ4v) is 4.42. The number of benzene rings is 3. The van der Waals surface area contributed by atoms with Crippen LogP contribution in [-0.4, -0.2) is 32.0 Å². The number of hydrogen-bond acceptors (Lipinski definition) is 6. The minimum atomic E-state index is -0.364. The highest BCUT2D eigenvalue weighted by Gasteiger charge is 2.41. The summed E-state index contributed by atoms with van der Waals surface area (Å²) in [6, 6.07) is 19.5. The molecule has 2 aliphatic heterocycles. The number of ether oxygens (including phenoxy) is 4. The number of fused-ring (bicyclic) bond motifs is 3. The van der Waals surface area contributed by atoms with Crippen molar-refractivity contribution in [2.75, 3.05) is 21.3 Å². The molecule has 32 heavy (non-hydrogen) atoms. The fourth-order valence-electron chi connectivity index (χ4n) is 4.24. The minimum absolute atomic E-state index is 0.00708. The summed E-state index contributed by atoms with van der Waals surface area (Å²) in [4.78, 5) is 0. The zero-order valence-electron chi connectivity index (χ0n) is 18.0. The molecule has 3 aromatic rings. The molecule has 6 nitrogen and oxygen atoms in total. The van der Waals surface area contributed by atoms with E-state index >= 15 is 0 Å². The molecule has 0 saturated heterocycles.